The molecule has 0 aromatic carbocycles. The highest BCUT2D eigenvalue weighted by Crippen LogP contribution is 2.39. The number of amides is 1. The van der Waals surface area contributed by atoms with Gasteiger partial charge in [0.25, 0.3) is 0 Å². The molecule has 17 heavy (non-hydrogen) atoms. The van der Waals surface area contributed by atoms with E-state index in [1.807, 2.05) is 0 Å². The third-order valence-corrected chi connectivity index (χ3v) is 3.22. The van der Waals surface area contributed by atoms with Crippen LogP contribution in [0.1, 0.15) is 43.9 Å². The van der Waals surface area contributed by atoms with E-state index in [4.69, 9.17) is 4.42 Å². The van der Waals surface area contributed by atoms with E-state index in [0.717, 1.165) is 38.6 Å². The van der Waals surface area contributed by atoms with E-state index in [2.05, 4.69) is 20.8 Å². The minimum Gasteiger partial charge on any atom is -0.408 e. The molecule has 1 saturated carbocycles. The minimum atomic E-state index is -0.125. The zero-order valence-corrected chi connectivity index (χ0v) is 9.61. The van der Waals surface area contributed by atoms with E-state index in [1.54, 1.807) is 0 Å². The minimum absolute atomic E-state index is 0.0734. The van der Waals surface area contributed by atoms with Crippen LogP contribution < -0.4 is 10.6 Å². The Kier molecular flexibility index (Phi) is 2.80. The lowest BCUT2D eigenvalue weighted by molar-refractivity contribution is -0.118. The first-order valence-electron chi connectivity index (χ1n) is 6.20. The summed E-state index contributed by atoms with van der Waals surface area (Å²) in [4.78, 5) is 11.9. The van der Waals surface area contributed by atoms with Gasteiger partial charge in [0.2, 0.25) is 11.8 Å². The van der Waals surface area contributed by atoms with Crippen LogP contribution in [-0.4, -0.2) is 28.7 Å². The van der Waals surface area contributed by atoms with Gasteiger partial charge in [-0.1, -0.05) is 11.5 Å². The van der Waals surface area contributed by atoms with Gasteiger partial charge in [0.1, 0.15) is 0 Å². The summed E-state index contributed by atoms with van der Waals surface area (Å²) in [6.45, 7) is 0.898. The summed E-state index contributed by atoms with van der Waals surface area (Å²) in [5.41, 5.74) is 0. The van der Waals surface area contributed by atoms with Gasteiger partial charge >= 0.3 is 6.01 Å². The number of hydrogen-bond donors (Lipinski definition) is 2. The average molecular weight is 236 g/mol. The number of carbonyl (C=O) groups is 1. The molecule has 0 spiro atoms. The smallest absolute Gasteiger partial charge is 0.322 e. The second-order valence-corrected chi connectivity index (χ2v) is 4.71. The third-order valence-electron chi connectivity index (χ3n) is 3.22. The first-order chi connectivity index (χ1) is 8.33. The molecule has 1 unspecified atom stereocenters. The molecule has 2 N–H and O–H groups in total. The Morgan fingerprint density at radius 1 is 1.29 bits per heavy atom. The van der Waals surface area contributed by atoms with Gasteiger partial charge in [-0.15, -0.1) is 5.10 Å². The normalized spacial score (nSPS) is 24.6. The van der Waals surface area contributed by atoms with Crippen LogP contribution in [0.4, 0.5) is 6.01 Å². The van der Waals surface area contributed by atoms with Gasteiger partial charge in [-0.25, -0.2) is 0 Å². The Balaban J connectivity index is 1.58. The van der Waals surface area contributed by atoms with E-state index < -0.39 is 0 Å². The highest BCUT2D eigenvalue weighted by atomic mass is 16.4. The van der Waals surface area contributed by atoms with E-state index in [9.17, 15) is 4.79 Å². The van der Waals surface area contributed by atoms with E-state index in [0.29, 0.717) is 11.8 Å². The number of hydrogen-bond acceptors (Lipinski definition) is 5. The van der Waals surface area contributed by atoms with Gasteiger partial charge in [0.15, 0.2) is 0 Å². The summed E-state index contributed by atoms with van der Waals surface area (Å²) in [5.74, 6) is 0.994. The molecule has 1 aromatic rings. The van der Waals surface area contributed by atoms with Crippen LogP contribution in [0.5, 0.6) is 0 Å². The van der Waals surface area contributed by atoms with Gasteiger partial charge in [-0.3, -0.25) is 10.1 Å². The number of nitrogens with one attached hydrogen (secondary N) is 2. The number of anilines is 1. The molecule has 3 rings (SSSR count). The highest BCUT2D eigenvalue weighted by Gasteiger charge is 2.30. The van der Waals surface area contributed by atoms with Crippen LogP contribution in [0, 0.1) is 0 Å². The maximum absolute atomic E-state index is 11.9. The zero-order chi connectivity index (χ0) is 11.7. The van der Waals surface area contributed by atoms with Crippen molar-refractivity contribution in [3.05, 3.63) is 5.89 Å². The fourth-order valence-corrected chi connectivity index (χ4v) is 2.05. The summed E-state index contributed by atoms with van der Waals surface area (Å²) < 4.78 is 5.39. The Morgan fingerprint density at radius 3 is 2.88 bits per heavy atom. The molecule has 92 valence electrons. The van der Waals surface area contributed by atoms with Crippen molar-refractivity contribution in [1.29, 1.82) is 0 Å². The standard InChI is InChI=1S/C11H16N4O2/c16-9(8-3-1-2-6-12-8)13-11-15-14-10(17-11)7-4-5-7/h7-8,12H,1-6H2,(H,13,15,16). The fourth-order valence-electron chi connectivity index (χ4n) is 2.05. The maximum Gasteiger partial charge on any atom is 0.322 e. The van der Waals surface area contributed by atoms with Crippen molar-refractivity contribution in [1.82, 2.24) is 15.5 Å². The summed E-state index contributed by atoms with van der Waals surface area (Å²) >= 11 is 0. The summed E-state index contributed by atoms with van der Waals surface area (Å²) in [7, 11) is 0. The van der Waals surface area contributed by atoms with Crippen LogP contribution in [-0.2, 0) is 4.79 Å². The zero-order valence-electron chi connectivity index (χ0n) is 9.61. The summed E-state index contributed by atoms with van der Waals surface area (Å²) in [5, 5.41) is 13.6. The van der Waals surface area contributed by atoms with Gasteiger partial charge in [-0.2, -0.15) is 0 Å². The molecule has 6 heteroatoms. The van der Waals surface area contributed by atoms with Crippen LogP contribution in [0.15, 0.2) is 4.42 Å². The van der Waals surface area contributed by atoms with Gasteiger partial charge in [0, 0.05) is 5.92 Å². The lowest BCUT2D eigenvalue weighted by atomic mass is 10.0. The van der Waals surface area contributed by atoms with Gasteiger partial charge in [-0.05, 0) is 32.2 Å². The van der Waals surface area contributed by atoms with Gasteiger partial charge in [0.05, 0.1) is 6.04 Å². The highest BCUT2D eigenvalue weighted by molar-refractivity contribution is 5.93. The molecule has 2 fully saturated rings. The molecule has 1 saturated heterocycles. The molecule has 1 atom stereocenters. The van der Waals surface area contributed by atoms with Crippen molar-refractivity contribution in [3.63, 3.8) is 0 Å². The van der Waals surface area contributed by atoms with E-state index in [1.165, 1.54) is 0 Å². The first kappa shape index (κ1) is 10.7. The number of rotatable bonds is 3. The average Bonchev–Trinajstić information content (AvgIpc) is 3.12. The van der Waals surface area contributed by atoms with Crippen LogP contribution in [0.3, 0.4) is 0 Å². The van der Waals surface area contributed by atoms with Crippen molar-refractivity contribution in [2.45, 2.75) is 44.1 Å². The lowest BCUT2D eigenvalue weighted by Crippen LogP contribution is -2.43. The quantitative estimate of drug-likeness (QED) is 0.819. The van der Waals surface area contributed by atoms with Crippen molar-refractivity contribution in [2.75, 3.05) is 11.9 Å². The SMILES string of the molecule is O=C(Nc1nnc(C2CC2)o1)C1CCCCN1. The lowest BCUT2D eigenvalue weighted by Gasteiger charge is -2.21. The second kappa shape index (κ2) is 4.44. The summed E-state index contributed by atoms with van der Waals surface area (Å²) in [6.07, 6.45) is 5.31. The molecule has 2 aliphatic rings. The van der Waals surface area contributed by atoms with Crippen molar-refractivity contribution >= 4 is 11.9 Å². The molecule has 1 aliphatic carbocycles. The predicted octanol–water partition coefficient (Wildman–Crippen LogP) is 1.03. The molecule has 2 heterocycles. The van der Waals surface area contributed by atoms with Crippen LogP contribution >= 0.6 is 0 Å². The number of carbonyl (C=O) groups excluding carboxylic acids is 1. The van der Waals surface area contributed by atoms with Crippen molar-refractivity contribution in [2.24, 2.45) is 0 Å². The van der Waals surface area contributed by atoms with Gasteiger partial charge < -0.3 is 9.73 Å². The molecular formula is C11H16N4O2. The van der Waals surface area contributed by atoms with Crippen molar-refractivity contribution < 1.29 is 9.21 Å². The van der Waals surface area contributed by atoms with E-state index in [-0.39, 0.29) is 18.0 Å². The fraction of sp³-hybridized carbons (Fsp3) is 0.727. The number of aromatic nitrogens is 2. The summed E-state index contributed by atoms with van der Waals surface area (Å²) in [6, 6.07) is 0.101. The molecule has 0 radical (unpaired) electrons. The monoisotopic (exact) mass is 236 g/mol. The Labute approximate surface area is 99.2 Å². The van der Waals surface area contributed by atoms with Crippen LogP contribution in [0.2, 0.25) is 0 Å². The largest absolute Gasteiger partial charge is 0.408 e. The molecule has 6 nitrogen and oxygen atoms in total. The number of piperidine rings is 1. The maximum atomic E-state index is 11.9. The predicted molar refractivity (Wildman–Crippen MR) is 60.5 cm³/mol. The first-order valence-corrected chi connectivity index (χ1v) is 6.20. The second-order valence-electron chi connectivity index (χ2n) is 4.71. The Bertz CT molecular complexity index is 407. The molecule has 1 amide bonds. The molecule has 1 aromatic heterocycles. The Morgan fingerprint density at radius 2 is 2.18 bits per heavy atom. The van der Waals surface area contributed by atoms with E-state index >= 15 is 0 Å². The van der Waals surface area contributed by atoms with Crippen LogP contribution in [0.25, 0.3) is 0 Å². The third kappa shape index (κ3) is 2.46. The Hall–Kier alpha value is -1.43. The molecular weight excluding hydrogens is 220 g/mol. The number of nitrogens with zero attached hydrogens (tertiary/aromatic N) is 2. The van der Waals surface area contributed by atoms with Crippen molar-refractivity contribution in [3.8, 4) is 0 Å². The topological polar surface area (TPSA) is 80.1 Å². The molecule has 0 bridgehead atoms. The molecule has 1 aliphatic heterocycles.